The number of rotatable bonds is 3. The first-order valence-corrected chi connectivity index (χ1v) is 7.49. The quantitative estimate of drug-likeness (QED) is 0.867. The average molecular weight is 305 g/mol. The summed E-state index contributed by atoms with van der Waals surface area (Å²) in [5, 5.41) is 0.160. The van der Waals surface area contributed by atoms with Crippen molar-refractivity contribution in [3.8, 4) is 11.8 Å². The Balaban J connectivity index is 1.81. The van der Waals surface area contributed by atoms with E-state index in [-0.39, 0.29) is 11.3 Å². The maximum atomic E-state index is 5.99. The van der Waals surface area contributed by atoms with Gasteiger partial charge in [-0.1, -0.05) is 17.7 Å². The lowest BCUT2D eigenvalue weighted by Gasteiger charge is -2.26. The molecule has 2 aromatic rings. The van der Waals surface area contributed by atoms with Crippen molar-refractivity contribution in [3.05, 3.63) is 35.1 Å². The zero-order valence-corrected chi connectivity index (χ0v) is 12.7. The highest BCUT2D eigenvalue weighted by molar-refractivity contribution is 6.28. The molecule has 3 rings (SSSR count). The number of anilines is 1. The molecular weight excluding hydrogens is 288 g/mol. The van der Waals surface area contributed by atoms with Gasteiger partial charge in [-0.15, -0.1) is 0 Å². The monoisotopic (exact) mass is 304 g/mol. The predicted octanol–water partition coefficient (Wildman–Crippen LogP) is 3.62. The molecule has 6 heteroatoms. The molecule has 1 saturated heterocycles. The zero-order valence-electron chi connectivity index (χ0n) is 11.9. The van der Waals surface area contributed by atoms with Crippen molar-refractivity contribution >= 4 is 17.5 Å². The normalized spacial score (nSPS) is 15.0. The minimum Gasteiger partial charge on any atom is -0.424 e. The van der Waals surface area contributed by atoms with Crippen molar-refractivity contribution in [3.63, 3.8) is 0 Å². The molecule has 5 nitrogen and oxygen atoms in total. The summed E-state index contributed by atoms with van der Waals surface area (Å²) in [6.07, 6.45) is 3.55. The number of halogens is 1. The Morgan fingerprint density at radius 3 is 2.43 bits per heavy atom. The van der Waals surface area contributed by atoms with E-state index in [1.54, 1.807) is 0 Å². The molecule has 0 N–H and O–H groups in total. The maximum absolute atomic E-state index is 5.99. The van der Waals surface area contributed by atoms with Crippen LogP contribution < -0.4 is 9.64 Å². The van der Waals surface area contributed by atoms with Gasteiger partial charge in [-0.25, -0.2) is 0 Å². The minimum atomic E-state index is 0.160. The summed E-state index contributed by atoms with van der Waals surface area (Å²) in [5.41, 5.74) is 1.17. The standard InChI is InChI=1S/C15H17ClN4O/c1-11-5-7-12(8-6-11)21-15-18-13(16)17-14(19-15)20-9-3-2-4-10-20/h5-8H,2-4,9-10H2,1H3. The Labute approximate surface area is 129 Å². The van der Waals surface area contributed by atoms with Crippen LogP contribution in [-0.2, 0) is 0 Å². The lowest BCUT2D eigenvalue weighted by atomic mass is 10.1. The number of aromatic nitrogens is 3. The Kier molecular flexibility index (Phi) is 4.20. The van der Waals surface area contributed by atoms with Gasteiger partial charge in [-0.3, -0.25) is 0 Å². The predicted molar refractivity (Wildman–Crippen MR) is 82.2 cm³/mol. The van der Waals surface area contributed by atoms with Gasteiger partial charge in [0.05, 0.1) is 0 Å². The first-order valence-electron chi connectivity index (χ1n) is 7.12. The number of benzene rings is 1. The van der Waals surface area contributed by atoms with Crippen LogP contribution in [0.25, 0.3) is 0 Å². The van der Waals surface area contributed by atoms with Crippen molar-refractivity contribution < 1.29 is 4.74 Å². The molecule has 1 fully saturated rings. The van der Waals surface area contributed by atoms with Crippen LogP contribution in [0.3, 0.4) is 0 Å². The number of ether oxygens (including phenoxy) is 1. The van der Waals surface area contributed by atoms with Crippen LogP contribution in [0.2, 0.25) is 5.28 Å². The number of nitrogens with zero attached hydrogens (tertiary/aromatic N) is 4. The van der Waals surface area contributed by atoms with Crippen LogP contribution in [0.15, 0.2) is 24.3 Å². The van der Waals surface area contributed by atoms with Gasteiger partial charge in [0.1, 0.15) is 5.75 Å². The van der Waals surface area contributed by atoms with Crippen molar-refractivity contribution in [1.29, 1.82) is 0 Å². The molecule has 21 heavy (non-hydrogen) atoms. The fourth-order valence-electron chi connectivity index (χ4n) is 2.31. The molecule has 0 radical (unpaired) electrons. The molecule has 110 valence electrons. The maximum Gasteiger partial charge on any atom is 0.328 e. The number of piperidine rings is 1. The van der Waals surface area contributed by atoms with Gasteiger partial charge in [-0.2, -0.15) is 15.0 Å². The van der Waals surface area contributed by atoms with Gasteiger partial charge < -0.3 is 9.64 Å². The van der Waals surface area contributed by atoms with E-state index in [9.17, 15) is 0 Å². The van der Waals surface area contributed by atoms with Crippen LogP contribution in [0.5, 0.6) is 11.8 Å². The molecule has 0 unspecified atom stereocenters. The van der Waals surface area contributed by atoms with Crippen LogP contribution in [0.1, 0.15) is 24.8 Å². The van der Waals surface area contributed by atoms with E-state index in [2.05, 4.69) is 19.9 Å². The third-order valence-electron chi connectivity index (χ3n) is 3.44. The Morgan fingerprint density at radius 2 is 1.71 bits per heavy atom. The molecule has 0 aliphatic carbocycles. The molecular formula is C15H17ClN4O. The third-order valence-corrected chi connectivity index (χ3v) is 3.61. The molecule has 1 aliphatic rings. The molecule has 0 amide bonds. The average Bonchev–Trinajstić information content (AvgIpc) is 2.50. The molecule has 0 spiro atoms. The zero-order chi connectivity index (χ0) is 14.7. The second kappa shape index (κ2) is 6.26. The topological polar surface area (TPSA) is 51.1 Å². The highest BCUT2D eigenvalue weighted by Gasteiger charge is 2.16. The van der Waals surface area contributed by atoms with Gasteiger partial charge in [-0.05, 0) is 49.9 Å². The van der Waals surface area contributed by atoms with Crippen LogP contribution in [-0.4, -0.2) is 28.0 Å². The molecule has 1 aliphatic heterocycles. The highest BCUT2D eigenvalue weighted by atomic mass is 35.5. The molecule has 1 aromatic heterocycles. The van der Waals surface area contributed by atoms with E-state index in [4.69, 9.17) is 16.3 Å². The van der Waals surface area contributed by atoms with Crippen molar-refractivity contribution in [2.24, 2.45) is 0 Å². The Morgan fingerprint density at radius 1 is 1.00 bits per heavy atom. The molecule has 0 saturated carbocycles. The molecule has 0 bridgehead atoms. The van der Waals surface area contributed by atoms with E-state index >= 15 is 0 Å². The van der Waals surface area contributed by atoms with E-state index in [0.29, 0.717) is 11.7 Å². The largest absolute Gasteiger partial charge is 0.424 e. The van der Waals surface area contributed by atoms with Crippen molar-refractivity contribution in [1.82, 2.24) is 15.0 Å². The van der Waals surface area contributed by atoms with E-state index in [1.807, 2.05) is 31.2 Å². The van der Waals surface area contributed by atoms with Crippen LogP contribution >= 0.6 is 11.6 Å². The second-order valence-electron chi connectivity index (χ2n) is 5.15. The summed E-state index contributed by atoms with van der Waals surface area (Å²) in [7, 11) is 0. The van der Waals surface area contributed by atoms with Gasteiger partial charge in [0.25, 0.3) is 0 Å². The lowest BCUT2D eigenvalue weighted by Crippen LogP contribution is -2.31. The number of hydrogen-bond donors (Lipinski definition) is 0. The summed E-state index contributed by atoms with van der Waals surface area (Å²) < 4.78 is 5.67. The second-order valence-corrected chi connectivity index (χ2v) is 5.49. The number of hydrogen-bond acceptors (Lipinski definition) is 5. The van der Waals surface area contributed by atoms with Gasteiger partial charge in [0.15, 0.2) is 0 Å². The van der Waals surface area contributed by atoms with Gasteiger partial charge in [0, 0.05) is 13.1 Å². The first kappa shape index (κ1) is 14.1. The third kappa shape index (κ3) is 3.61. The Bertz CT molecular complexity index is 612. The minimum absolute atomic E-state index is 0.160. The van der Waals surface area contributed by atoms with Crippen LogP contribution in [0, 0.1) is 6.92 Å². The summed E-state index contributed by atoms with van der Waals surface area (Å²) >= 11 is 5.99. The summed E-state index contributed by atoms with van der Waals surface area (Å²) in [6.45, 7) is 3.92. The van der Waals surface area contributed by atoms with Gasteiger partial charge in [0.2, 0.25) is 11.2 Å². The smallest absolute Gasteiger partial charge is 0.328 e. The van der Waals surface area contributed by atoms with E-state index < -0.39 is 0 Å². The fraction of sp³-hybridized carbons (Fsp3) is 0.400. The molecule has 0 atom stereocenters. The summed E-state index contributed by atoms with van der Waals surface area (Å²) in [5.74, 6) is 1.28. The van der Waals surface area contributed by atoms with Crippen LogP contribution in [0.4, 0.5) is 5.95 Å². The van der Waals surface area contributed by atoms with Crippen molar-refractivity contribution in [2.45, 2.75) is 26.2 Å². The highest BCUT2D eigenvalue weighted by Crippen LogP contribution is 2.23. The van der Waals surface area contributed by atoms with Gasteiger partial charge >= 0.3 is 6.01 Å². The summed E-state index contributed by atoms with van der Waals surface area (Å²) in [4.78, 5) is 14.7. The first-order chi connectivity index (χ1) is 10.2. The summed E-state index contributed by atoms with van der Waals surface area (Å²) in [6, 6.07) is 7.95. The van der Waals surface area contributed by atoms with E-state index in [0.717, 1.165) is 25.9 Å². The van der Waals surface area contributed by atoms with E-state index in [1.165, 1.54) is 12.0 Å². The number of aryl methyl sites for hydroxylation is 1. The fourth-order valence-corrected chi connectivity index (χ4v) is 2.46. The Hall–Kier alpha value is -1.88. The van der Waals surface area contributed by atoms with Crippen molar-refractivity contribution in [2.75, 3.05) is 18.0 Å². The molecule has 2 heterocycles. The lowest BCUT2D eigenvalue weighted by molar-refractivity contribution is 0.437. The molecule has 1 aromatic carbocycles. The SMILES string of the molecule is Cc1ccc(Oc2nc(Cl)nc(N3CCCCC3)n2)cc1.